The fourth-order valence-corrected chi connectivity index (χ4v) is 2.78. The maximum Gasteiger partial charge on any atom is 0.358 e. The standard InChI is InChI=1S/C18H20ClN3O2/c1-11(10-12-6-4-3-5-7-12)20-17-14(19)15(18(23)24-2)21-16(22-17)13-8-9-13/h3-7,11,13H,8-10H2,1-2H3,(H,20,21,22)/t11-/m0/s1. The second kappa shape index (κ2) is 7.18. The minimum Gasteiger partial charge on any atom is -0.464 e. The summed E-state index contributed by atoms with van der Waals surface area (Å²) < 4.78 is 4.79. The second-order valence-electron chi connectivity index (χ2n) is 6.09. The van der Waals surface area contributed by atoms with E-state index >= 15 is 0 Å². The third-order valence-electron chi connectivity index (χ3n) is 3.96. The van der Waals surface area contributed by atoms with E-state index in [0.717, 1.165) is 19.3 Å². The van der Waals surface area contributed by atoms with Gasteiger partial charge in [-0.2, -0.15) is 0 Å². The molecule has 1 aromatic carbocycles. The molecule has 1 aromatic heterocycles. The van der Waals surface area contributed by atoms with Gasteiger partial charge in [-0.25, -0.2) is 14.8 Å². The number of nitrogens with zero attached hydrogens (tertiary/aromatic N) is 2. The van der Waals surface area contributed by atoms with Gasteiger partial charge < -0.3 is 10.1 Å². The van der Waals surface area contributed by atoms with Crippen molar-refractivity contribution in [2.45, 2.75) is 38.1 Å². The molecule has 6 heteroatoms. The van der Waals surface area contributed by atoms with Crippen LogP contribution < -0.4 is 5.32 Å². The zero-order valence-corrected chi connectivity index (χ0v) is 14.5. The highest BCUT2D eigenvalue weighted by atomic mass is 35.5. The van der Waals surface area contributed by atoms with Crippen molar-refractivity contribution < 1.29 is 9.53 Å². The van der Waals surface area contributed by atoms with E-state index in [0.29, 0.717) is 17.6 Å². The molecule has 3 rings (SSSR count). The number of aromatic nitrogens is 2. The van der Waals surface area contributed by atoms with E-state index in [9.17, 15) is 4.79 Å². The van der Waals surface area contributed by atoms with E-state index < -0.39 is 5.97 Å². The van der Waals surface area contributed by atoms with Crippen molar-refractivity contribution in [3.63, 3.8) is 0 Å². The maximum atomic E-state index is 11.9. The number of nitrogens with one attached hydrogen (secondary N) is 1. The van der Waals surface area contributed by atoms with Crippen LogP contribution >= 0.6 is 11.6 Å². The third kappa shape index (κ3) is 3.85. The van der Waals surface area contributed by atoms with Gasteiger partial charge in [0.15, 0.2) is 5.69 Å². The zero-order chi connectivity index (χ0) is 17.1. The number of methoxy groups -OCH3 is 1. The third-order valence-corrected chi connectivity index (χ3v) is 4.32. The molecule has 24 heavy (non-hydrogen) atoms. The molecule has 1 saturated carbocycles. The number of benzene rings is 1. The molecule has 5 nitrogen and oxygen atoms in total. The highest BCUT2D eigenvalue weighted by Gasteiger charge is 2.30. The fourth-order valence-electron chi connectivity index (χ4n) is 2.57. The fraction of sp³-hybridized carbons (Fsp3) is 0.389. The number of ether oxygens (including phenoxy) is 1. The summed E-state index contributed by atoms with van der Waals surface area (Å²) in [5, 5.41) is 3.52. The van der Waals surface area contributed by atoms with Crippen LogP contribution in [-0.4, -0.2) is 29.1 Å². The number of carbonyl (C=O) groups excluding carboxylic acids is 1. The van der Waals surface area contributed by atoms with Crippen LogP contribution in [0, 0.1) is 0 Å². The van der Waals surface area contributed by atoms with Crippen LogP contribution in [0.1, 0.15) is 47.6 Å². The van der Waals surface area contributed by atoms with Gasteiger partial charge in [0.25, 0.3) is 0 Å². The van der Waals surface area contributed by atoms with Crippen molar-refractivity contribution >= 4 is 23.4 Å². The van der Waals surface area contributed by atoms with Crippen LogP contribution in [0.25, 0.3) is 0 Å². The summed E-state index contributed by atoms with van der Waals surface area (Å²) in [5.41, 5.74) is 1.35. The molecular formula is C18H20ClN3O2. The lowest BCUT2D eigenvalue weighted by atomic mass is 10.1. The number of esters is 1. The Morgan fingerprint density at radius 3 is 2.67 bits per heavy atom. The van der Waals surface area contributed by atoms with Gasteiger partial charge in [0, 0.05) is 12.0 Å². The molecule has 0 radical (unpaired) electrons. The molecule has 1 N–H and O–H groups in total. The predicted molar refractivity (Wildman–Crippen MR) is 93.6 cm³/mol. The maximum absolute atomic E-state index is 11.9. The van der Waals surface area contributed by atoms with E-state index in [2.05, 4.69) is 34.3 Å². The van der Waals surface area contributed by atoms with E-state index in [1.165, 1.54) is 12.7 Å². The first-order valence-corrected chi connectivity index (χ1v) is 8.42. The lowest BCUT2D eigenvalue weighted by molar-refractivity contribution is 0.0593. The highest BCUT2D eigenvalue weighted by Crippen LogP contribution is 2.39. The molecule has 126 valence electrons. The molecule has 1 heterocycles. The van der Waals surface area contributed by atoms with Crippen LogP contribution in [0.5, 0.6) is 0 Å². The van der Waals surface area contributed by atoms with Crippen molar-refractivity contribution in [1.82, 2.24) is 9.97 Å². The molecule has 0 spiro atoms. The van der Waals surface area contributed by atoms with Gasteiger partial charge in [0.2, 0.25) is 0 Å². The number of hydrogen-bond donors (Lipinski definition) is 1. The second-order valence-corrected chi connectivity index (χ2v) is 6.47. The molecule has 0 aliphatic heterocycles. The van der Waals surface area contributed by atoms with Crippen molar-refractivity contribution in [3.8, 4) is 0 Å². The highest BCUT2D eigenvalue weighted by molar-refractivity contribution is 6.35. The predicted octanol–water partition coefficient (Wildman–Crippen LogP) is 3.84. The number of halogens is 1. The minimum absolute atomic E-state index is 0.109. The molecule has 0 bridgehead atoms. The monoisotopic (exact) mass is 345 g/mol. The van der Waals surface area contributed by atoms with Gasteiger partial charge in [0.1, 0.15) is 16.7 Å². The van der Waals surface area contributed by atoms with Crippen molar-refractivity contribution in [3.05, 3.63) is 52.4 Å². The molecule has 0 unspecified atom stereocenters. The summed E-state index contributed by atoms with van der Waals surface area (Å²) in [7, 11) is 1.32. The number of anilines is 1. The lowest BCUT2D eigenvalue weighted by Gasteiger charge is -2.17. The van der Waals surface area contributed by atoms with Crippen LogP contribution in [-0.2, 0) is 11.2 Å². The van der Waals surface area contributed by atoms with E-state index in [4.69, 9.17) is 16.3 Å². The first kappa shape index (κ1) is 16.7. The zero-order valence-electron chi connectivity index (χ0n) is 13.8. The van der Waals surface area contributed by atoms with Crippen LogP contribution in [0.3, 0.4) is 0 Å². The van der Waals surface area contributed by atoms with Gasteiger partial charge in [-0.3, -0.25) is 0 Å². The largest absolute Gasteiger partial charge is 0.464 e. The number of carbonyl (C=O) groups is 1. The first-order valence-electron chi connectivity index (χ1n) is 8.04. The van der Waals surface area contributed by atoms with Gasteiger partial charge in [-0.15, -0.1) is 0 Å². The van der Waals surface area contributed by atoms with Crippen molar-refractivity contribution in [1.29, 1.82) is 0 Å². The summed E-state index contributed by atoms with van der Waals surface area (Å²) >= 11 is 6.34. The van der Waals surface area contributed by atoms with Crippen LogP contribution in [0.2, 0.25) is 5.02 Å². The topological polar surface area (TPSA) is 64.1 Å². The summed E-state index contributed by atoms with van der Waals surface area (Å²) in [6, 6.07) is 10.3. The summed E-state index contributed by atoms with van der Waals surface area (Å²) in [6.07, 6.45) is 2.91. The Hall–Kier alpha value is -2.14. The Labute approximate surface area is 146 Å². The average Bonchev–Trinajstić information content (AvgIpc) is 3.42. The Bertz CT molecular complexity index is 733. The lowest BCUT2D eigenvalue weighted by Crippen LogP contribution is -2.21. The summed E-state index contributed by atoms with van der Waals surface area (Å²) in [4.78, 5) is 20.8. The van der Waals surface area contributed by atoms with Gasteiger partial charge in [0.05, 0.1) is 7.11 Å². The Morgan fingerprint density at radius 1 is 1.33 bits per heavy atom. The number of hydrogen-bond acceptors (Lipinski definition) is 5. The molecule has 1 atom stereocenters. The van der Waals surface area contributed by atoms with E-state index in [1.807, 2.05) is 18.2 Å². The van der Waals surface area contributed by atoms with Gasteiger partial charge in [-0.05, 0) is 31.7 Å². The first-order chi connectivity index (χ1) is 11.6. The Kier molecular flexibility index (Phi) is 5.00. The summed E-state index contributed by atoms with van der Waals surface area (Å²) in [5.74, 6) is 0.935. The molecule has 1 aliphatic rings. The normalized spacial score (nSPS) is 15.0. The Balaban J connectivity index is 1.83. The smallest absolute Gasteiger partial charge is 0.358 e. The summed E-state index contributed by atoms with van der Waals surface area (Å²) in [6.45, 7) is 2.06. The molecule has 0 amide bonds. The molecular weight excluding hydrogens is 326 g/mol. The molecule has 0 saturated heterocycles. The van der Waals surface area contributed by atoms with Crippen molar-refractivity contribution in [2.24, 2.45) is 0 Å². The molecule has 1 aliphatic carbocycles. The SMILES string of the molecule is COC(=O)c1nc(C2CC2)nc(N[C@@H](C)Cc2ccccc2)c1Cl. The van der Waals surface area contributed by atoms with Crippen LogP contribution in [0.15, 0.2) is 30.3 Å². The van der Waals surface area contributed by atoms with Crippen LogP contribution in [0.4, 0.5) is 5.82 Å². The molecule has 2 aromatic rings. The van der Waals surface area contributed by atoms with E-state index in [1.54, 1.807) is 0 Å². The Morgan fingerprint density at radius 2 is 2.04 bits per heavy atom. The quantitative estimate of drug-likeness (QED) is 0.806. The minimum atomic E-state index is -0.539. The number of rotatable bonds is 6. The van der Waals surface area contributed by atoms with Gasteiger partial charge >= 0.3 is 5.97 Å². The van der Waals surface area contributed by atoms with Gasteiger partial charge in [-0.1, -0.05) is 41.9 Å². The van der Waals surface area contributed by atoms with Crippen molar-refractivity contribution in [2.75, 3.05) is 12.4 Å². The van der Waals surface area contributed by atoms with E-state index in [-0.39, 0.29) is 16.8 Å². The average molecular weight is 346 g/mol. The molecule has 1 fully saturated rings.